The number of hydrogen-bond donors (Lipinski definition) is 1. The minimum atomic E-state index is 0.314. The average molecular weight is 131 g/mol. The first kappa shape index (κ1) is 8.92. The maximum atomic E-state index is 8.53. The molecule has 9 heavy (non-hydrogen) atoms. The molecular weight excluding hydrogens is 114 g/mol. The molecule has 0 aliphatic heterocycles. The van der Waals surface area contributed by atoms with Gasteiger partial charge in [-0.2, -0.15) is 0 Å². The van der Waals surface area contributed by atoms with E-state index in [1.54, 1.807) is 0 Å². The molecule has 0 radical (unpaired) electrons. The van der Waals surface area contributed by atoms with Crippen molar-refractivity contribution in [1.29, 1.82) is 0 Å². The van der Waals surface area contributed by atoms with E-state index in [9.17, 15) is 0 Å². The zero-order chi connectivity index (χ0) is 7.28. The molecule has 0 bridgehead atoms. The van der Waals surface area contributed by atoms with Crippen LogP contribution in [0.3, 0.4) is 0 Å². The summed E-state index contributed by atoms with van der Waals surface area (Å²) in [5.74, 6) is 0.616. The zero-order valence-corrected chi connectivity index (χ0v) is 6.59. The van der Waals surface area contributed by atoms with E-state index in [0.29, 0.717) is 12.5 Å². The van der Waals surface area contributed by atoms with Crippen molar-refractivity contribution in [3.63, 3.8) is 0 Å². The molecule has 0 spiro atoms. The Morgan fingerprint density at radius 3 is 2.33 bits per heavy atom. The second-order valence-corrected chi connectivity index (χ2v) is 2.88. The van der Waals surface area contributed by atoms with E-state index in [1.165, 1.54) is 0 Å². The minimum absolute atomic E-state index is 0.314. The Bertz CT molecular complexity index is 63.9. The van der Waals surface area contributed by atoms with Crippen LogP contribution in [0.4, 0.5) is 0 Å². The highest BCUT2D eigenvalue weighted by atomic mass is 16.3. The summed E-state index contributed by atoms with van der Waals surface area (Å²) in [5.41, 5.74) is 0. The van der Waals surface area contributed by atoms with Gasteiger partial charge in [-0.3, -0.25) is 0 Å². The molecule has 0 amide bonds. The normalized spacial score (nSPS) is 14.3. The lowest BCUT2D eigenvalue weighted by Gasteiger charge is -2.14. The van der Waals surface area contributed by atoms with Crippen LogP contribution in [-0.4, -0.2) is 37.3 Å². The fourth-order valence-corrected chi connectivity index (χ4v) is 0.935. The second-order valence-electron chi connectivity index (χ2n) is 2.88. The van der Waals surface area contributed by atoms with Gasteiger partial charge in [0.2, 0.25) is 0 Å². The summed E-state index contributed by atoms with van der Waals surface area (Å²) in [5, 5.41) is 8.53. The molecule has 2 nitrogen and oxygen atoms in total. The average Bonchev–Trinajstić information content (AvgIpc) is 1.63. The first-order chi connectivity index (χ1) is 4.16. The molecule has 0 saturated heterocycles. The molecule has 1 N–H and O–H groups in total. The minimum Gasteiger partial charge on any atom is -0.396 e. The Kier molecular flexibility index (Phi) is 4.72. The monoisotopic (exact) mass is 131 g/mol. The van der Waals surface area contributed by atoms with Crippen LogP contribution in [0, 0.1) is 5.92 Å². The van der Waals surface area contributed by atoms with Crippen molar-refractivity contribution in [2.45, 2.75) is 13.3 Å². The van der Waals surface area contributed by atoms with E-state index in [2.05, 4.69) is 11.8 Å². The van der Waals surface area contributed by atoms with E-state index in [4.69, 9.17) is 5.11 Å². The summed E-state index contributed by atoms with van der Waals surface area (Å²) in [7, 11) is 4.10. The summed E-state index contributed by atoms with van der Waals surface area (Å²) in [6.07, 6.45) is 0.915. The van der Waals surface area contributed by atoms with Gasteiger partial charge in [-0.15, -0.1) is 0 Å². The van der Waals surface area contributed by atoms with Crippen LogP contribution in [0.2, 0.25) is 0 Å². The predicted molar refractivity (Wildman–Crippen MR) is 39.4 cm³/mol. The van der Waals surface area contributed by atoms with Crippen molar-refractivity contribution in [3.05, 3.63) is 0 Å². The standard InChI is InChI=1S/C7H17NO/c1-7(4-5-9)6-8(2)3/h7,9H,4-6H2,1-3H3. The van der Waals surface area contributed by atoms with Gasteiger partial charge in [-0.1, -0.05) is 6.92 Å². The largest absolute Gasteiger partial charge is 0.396 e. The Balaban J connectivity index is 3.15. The lowest BCUT2D eigenvalue weighted by atomic mass is 10.1. The van der Waals surface area contributed by atoms with Gasteiger partial charge in [-0.05, 0) is 26.4 Å². The smallest absolute Gasteiger partial charge is 0.0434 e. The number of rotatable bonds is 4. The molecule has 0 rings (SSSR count). The van der Waals surface area contributed by atoms with Gasteiger partial charge in [0.15, 0.2) is 0 Å². The number of hydrogen-bond acceptors (Lipinski definition) is 2. The van der Waals surface area contributed by atoms with Crippen molar-refractivity contribution in [1.82, 2.24) is 4.90 Å². The third-order valence-corrected chi connectivity index (χ3v) is 1.30. The van der Waals surface area contributed by atoms with Gasteiger partial charge in [-0.25, -0.2) is 0 Å². The zero-order valence-electron chi connectivity index (χ0n) is 6.59. The van der Waals surface area contributed by atoms with E-state index in [-0.39, 0.29) is 0 Å². The molecule has 1 unspecified atom stereocenters. The van der Waals surface area contributed by atoms with Crippen molar-refractivity contribution >= 4 is 0 Å². The Labute approximate surface area is 57.5 Å². The van der Waals surface area contributed by atoms with Gasteiger partial charge in [0.05, 0.1) is 0 Å². The third-order valence-electron chi connectivity index (χ3n) is 1.30. The second kappa shape index (κ2) is 4.77. The van der Waals surface area contributed by atoms with Crippen LogP contribution < -0.4 is 0 Å². The summed E-state index contributed by atoms with van der Waals surface area (Å²) in [6.45, 7) is 3.53. The Morgan fingerprint density at radius 2 is 2.00 bits per heavy atom. The van der Waals surface area contributed by atoms with Gasteiger partial charge in [0, 0.05) is 13.2 Å². The van der Waals surface area contributed by atoms with Gasteiger partial charge < -0.3 is 10.0 Å². The molecule has 2 heteroatoms. The van der Waals surface area contributed by atoms with Gasteiger partial charge in [0.1, 0.15) is 0 Å². The summed E-state index contributed by atoms with van der Waals surface area (Å²) >= 11 is 0. The van der Waals surface area contributed by atoms with Gasteiger partial charge >= 0.3 is 0 Å². The van der Waals surface area contributed by atoms with Crippen LogP contribution >= 0.6 is 0 Å². The fourth-order valence-electron chi connectivity index (χ4n) is 0.935. The van der Waals surface area contributed by atoms with E-state index in [0.717, 1.165) is 13.0 Å². The van der Waals surface area contributed by atoms with Crippen molar-refractivity contribution in [2.24, 2.45) is 5.92 Å². The molecule has 56 valence electrons. The van der Waals surface area contributed by atoms with Crippen LogP contribution in [0.5, 0.6) is 0 Å². The summed E-state index contributed by atoms with van der Waals surface area (Å²) in [6, 6.07) is 0. The predicted octanol–water partition coefficient (Wildman–Crippen LogP) is 0.567. The molecular formula is C7H17NO. The van der Waals surface area contributed by atoms with Gasteiger partial charge in [0.25, 0.3) is 0 Å². The first-order valence-electron chi connectivity index (χ1n) is 3.42. The van der Waals surface area contributed by atoms with Crippen LogP contribution in [0.15, 0.2) is 0 Å². The molecule has 0 heterocycles. The fraction of sp³-hybridized carbons (Fsp3) is 1.00. The highest BCUT2D eigenvalue weighted by Gasteiger charge is 2.00. The topological polar surface area (TPSA) is 23.5 Å². The van der Waals surface area contributed by atoms with Crippen LogP contribution in [-0.2, 0) is 0 Å². The highest BCUT2D eigenvalue weighted by Crippen LogP contribution is 2.00. The quantitative estimate of drug-likeness (QED) is 0.603. The number of nitrogens with zero attached hydrogens (tertiary/aromatic N) is 1. The number of aliphatic hydroxyl groups excluding tert-OH is 1. The lowest BCUT2D eigenvalue weighted by Crippen LogP contribution is -2.20. The molecule has 0 aromatic heterocycles. The maximum Gasteiger partial charge on any atom is 0.0434 e. The molecule has 0 aromatic rings. The van der Waals surface area contributed by atoms with Crippen molar-refractivity contribution < 1.29 is 5.11 Å². The number of aliphatic hydroxyl groups is 1. The van der Waals surface area contributed by atoms with Crippen LogP contribution in [0.1, 0.15) is 13.3 Å². The third kappa shape index (κ3) is 5.80. The van der Waals surface area contributed by atoms with Crippen molar-refractivity contribution in [2.75, 3.05) is 27.2 Å². The molecule has 0 aliphatic rings. The SMILES string of the molecule is CC(CCO)CN(C)C. The lowest BCUT2D eigenvalue weighted by molar-refractivity contribution is 0.238. The molecule has 1 atom stereocenters. The summed E-state index contributed by atoms with van der Waals surface area (Å²) in [4.78, 5) is 2.14. The maximum absolute atomic E-state index is 8.53. The van der Waals surface area contributed by atoms with Crippen LogP contribution in [0.25, 0.3) is 0 Å². The molecule has 0 fully saturated rings. The highest BCUT2D eigenvalue weighted by molar-refractivity contribution is 4.54. The Hall–Kier alpha value is -0.0800. The Morgan fingerprint density at radius 1 is 1.44 bits per heavy atom. The summed E-state index contributed by atoms with van der Waals surface area (Å²) < 4.78 is 0. The van der Waals surface area contributed by atoms with E-state index < -0.39 is 0 Å². The molecule has 0 saturated carbocycles. The first-order valence-corrected chi connectivity index (χ1v) is 3.42. The molecule has 0 aliphatic carbocycles. The van der Waals surface area contributed by atoms with E-state index >= 15 is 0 Å². The van der Waals surface area contributed by atoms with E-state index in [1.807, 2.05) is 14.1 Å². The van der Waals surface area contributed by atoms with Crippen molar-refractivity contribution in [3.8, 4) is 0 Å². The molecule has 0 aromatic carbocycles.